The van der Waals surface area contributed by atoms with E-state index in [1.807, 2.05) is 24.8 Å². The summed E-state index contributed by atoms with van der Waals surface area (Å²) < 4.78 is 0. The summed E-state index contributed by atoms with van der Waals surface area (Å²) in [4.78, 5) is 24.6. The molecule has 0 spiro atoms. The summed E-state index contributed by atoms with van der Waals surface area (Å²) in [7, 11) is 0. The molecule has 10 aromatic rings. The minimum absolute atomic E-state index is 0.564. The van der Waals surface area contributed by atoms with Crippen LogP contribution in [-0.2, 0) is 10.8 Å². The third-order valence-electron chi connectivity index (χ3n) is 13.0. The van der Waals surface area contributed by atoms with Crippen LogP contribution in [0, 0.1) is 0 Å². The molecule has 64 heavy (non-hydrogen) atoms. The van der Waals surface area contributed by atoms with E-state index in [1.165, 1.54) is 22.3 Å². The molecule has 0 atom stereocenters. The number of para-hydroxylation sites is 4. The molecule has 0 saturated carbocycles. The molecule has 0 saturated heterocycles. The maximum atomic E-state index is 5.06. The predicted octanol–water partition coefficient (Wildman–Crippen LogP) is 13.3. The molecule has 8 aromatic carbocycles. The van der Waals surface area contributed by atoms with Crippen LogP contribution in [0.1, 0.15) is 44.5 Å². The summed E-state index contributed by atoms with van der Waals surface area (Å²) in [6.07, 6.45) is 7.51. The summed E-state index contributed by atoms with van der Waals surface area (Å²) in [6, 6.07) is 77.8. The van der Waals surface area contributed by atoms with Gasteiger partial charge in [0.05, 0.1) is 33.6 Å². The molecular weight excluding hydrogens is 781 g/mol. The zero-order chi connectivity index (χ0) is 42.5. The summed E-state index contributed by atoms with van der Waals surface area (Å²) in [5.41, 5.74) is 14.1. The van der Waals surface area contributed by atoms with Crippen molar-refractivity contribution in [2.45, 2.75) is 10.8 Å². The highest BCUT2D eigenvalue weighted by Crippen LogP contribution is 2.58. The molecule has 2 aliphatic heterocycles. The number of fused-ring (bicyclic) bond motifs is 4. The van der Waals surface area contributed by atoms with Gasteiger partial charge in [0.15, 0.2) is 0 Å². The minimum atomic E-state index is -0.564. The van der Waals surface area contributed by atoms with Crippen molar-refractivity contribution in [3.05, 3.63) is 288 Å². The third-order valence-corrected chi connectivity index (χ3v) is 13.0. The van der Waals surface area contributed by atoms with Gasteiger partial charge in [-0.1, -0.05) is 194 Å². The Labute approximate surface area is 372 Å². The first kappa shape index (κ1) is 37.3. The molecule has 0 aliphatic carbocycles. The van der Waals surface area contributed by atoms with Gasteiger partial charge in [0.1, 0.15) is 0 Å². The maximum Gasteiger partial charge on any atom is 0.234 e. The molecule has 0 amide bonds. The normalized spacial score (nSPS) is 14.1. The molecule has 6 heteroatoms. The highest BCUT2D eigenvalue weighted by molar-refractivity contribution is 5.89. The van der Waals surface area contributed by atoms with Crippen LogP contribution in [0.2, 0.25) is 0 Å². The van der Waals surface area contributed by atoms with Crippen LogP contribution in [0.4, 0.5) is 34.6 Å². The number of hydrogen-bond acceptors (Lipinski definition) is 6. The van der Waals surface area contributed by atoms with Crippen molar-refractivity contribution in [3.8, 4) is 11.1 Å². The standard InChI is InChI=1S/C58H40N6/c1-5-21-43(22-6-1)57(44-23-7-2-8-24-44)47-29-13-17-33-51(47)63(52-34-18-14-30-48(52)57)55-59-37-41(38-60-55)42-39-61-56(62-40-42)64-53-35-19-15-31-49(53)58(45-25-9-3-10-26-45,46-27-11-4-12-28-46)50-32-16-20-36-54(50)64/h1-40H. The van der Waals surface area contributed by atoms with Crippen LogP contribution in [0.5, 0.6) is 0 Å². The molecule has 4 heterocycles. The minimum Gasteiger partial charge on any atom is -0.279 e. The Morgan fingerprint density at radius 1 is 0.250 bits per heavy atom. The highest BCUT2D eigenvalue weighted by Gasteiger charge is 2.48. The Balaban J connectivity index is 0.934. The van der Waals surface area contributed by atoms with E-state index in [2.05, 4.69) is 228 Å². The molecule has 0 N–H and O–H groups in total. The largest absolute Gasteiger partial charge is 0.279 e. The van der Waals surface area contributed by atoms with Gasteiger partial charge >= 0.3 is 0 Å². The fourth-order valence-electron chi connectivity index (χ4n) is 10.4. The molecule has 2 aromatic heterocycles. The number of nitrogens with zero attached hydrogens (tertiary/aromatic N) is 6. The van der Waals surface area contributed by atoms with Gasteiger partial charge in [0.25, 0.3) is 0 Å². The second kappa shape index (κ2) is 15.2. The van der Waals surface area contributed by atoms with Crippen molar-refractivity contribution in [1.82, 2.24) is 19.9 Å². The average Bonchev–Trinajstić information content (AvgIpc) is 3.38. The smallest absolute Gasteiger partial charge is 0.234 e. The lowest BCUT2D eigenvalue weighted by molar-refractivity contribution is 0.728. The van der Waals surface area contributed by atoms with E-state index in [0.29, 0.717) is 11.9 Å². The van der Waals surface area contributed by atoms with Crippen molar-refractivity contribution in [1.29, 1.82) is 0 Å². The number of aromatic nitrogens is 4. The second-order valence-electron chi connectivity index (χ2n) is 16.2. The molecule has 2 aliphatic rings. The number of benzene rings is 8. The predicted molar refractivity (Wildman–Crippen MR) is 256 cm³/mol. The van der Waals surface area contributed by atoms with Crippen LogP contribution in [-0.4, -0.2) is 19.9 Å². The van der Waals surface area contributed by atoms with Gasteiger partial charge in [-0.05, 0) is 68.8 Å². The monoisotopic (exact) mass is 820 g/mol. The lowest BCUT2D eigenvalue weighted by Crippen LogP contribution is -2.38. The Morgan fingerprint density at radius 2 is 0.469 bits per heavy atom. The van der Waals surface area contributed by atoms with Gasteiger partial charge in [-0.25, -0.2) is 19.9 Å². The SMILES string of the molecule is c1ccc(C2(c3ccccc3)c3ccccc3N(c3ncc(-c4cnc(N5c6ccccc6C(c6ccccc6)(c6ccccc6)c6ccccc65)nc4)cn3)c3ccccc32)cc1. The number of anilines is 6. The average molecular weight is 821 g/mol. The van der Waals surface area contributed by atoms with Crippen molar-refractivity contribution in [2.75, 3.05) is 9.80 Å². The van der Waals surface area contributed by atoms with E-state index >= 15 is 0 Å². The summed E-state index contributed by atoms with van der Waals surface area (Å²) >= 11 is 0. The van der Waals surface area contributed by atoms with E-state index in [4.69, 9.17) is 19.9 Å². The fourth-order valence-corrected chi connectivity index (χ4v) is 10.4. The van der Waals surface area contributed by atoms with Gasteiger partial charge in [-0.3, -0.25) is 9.80 Å². The van der Waals surface area contributed by atoms with Crippen LogP contribution >= 0.6 is 0 Å². The van der Waals surface area contributed by atoms with Gasteiger partial charge in [-0.2, -0.15) is 0 Å². The van der Waals surface area contributed by atoms with E-state index in [9.17, 15) is 0 Å². The number of hydrogen-bond donors (Lipinski definition) is 0. The Bertz CT molecular complexity index is 2870. The summed E-state index contributed by atoms with van der Waals surface area (Å²) in [5, 5.41) is 0. The molecule has 0 bridgehead atoms. The van der Waals surface area contributed by atoms with Crippen molar-refractivity contribution < 1.29 is 0 Å². The number of rotatable bonds is 7. The first-order valence-electron chi connectivity index (χ1n) is 21.6. The van der Waals surface area contributed by atoms with E-state index in [-0.39, 0.29) is 0 Å². The van der Waals surface area contributed by atoms with E-state index in [1.54, 1.807) is 0 Å². The highest BCUT2D eigenvalue weighted by atomic mass is 15.3. The zero-order valence-electron chi connectivity index (χ0n) is 34.8. The molecule has 0 unspecified atom stereocenters. The van der Waals surface area contributed by atoms with Crippen LogP contribution in [0.15, 0.2) is 243 Å². The topological polar surface area (TPSA) is 58.0 Å². The second-order valence-corrected chi connectivity index (χ2v) is 16.2. The van der Waals surface area contributed by atoms with E-state index < -0.39 is 10.8 Å². The van der Waals surface area contributed by atoms with Gasteiger partial charge in [0.2, 0.25) is 11.9 Å². The molecular formula is C58H40N6. The van der Waals surface area contributed by atoms with Crippen molar-refractivity contribution in [2.24, 2.45) is 0 Å². The van der Waals surface area contributed by atoms with Crippen LogP contribution in [0.3, 0.4) is 0 Å². The third kappa shape index (κ3) is 5.52. The van der Waals surface area contributed by atoms with Gasteiger partial charge < -0.3 is 0 Å². The maximum absolute atomic E-state index is 5.06. The fraction of sp³-hybridized carbons (Fsp3) is 0.0345. The van der Waals surface area contributed by atoms with Gasteiger partial charge in [-0.15, -0.1) is 0 Å². The lowest BCUT2D eigenvalue weighted by atomic mass is 9.62. The lowest BCUT2D eigenvalue weighted by Gasteiger charge is -2.45. The summed E-state index contributed by atoms with van der Waals surface area (Å²) in [5.74, 6) is 1.16. The first-order valence-corrected chi connectivity index (χ1v) is 21.6. The molecule has 0 fully saturated rings. The van der Waals surface area contributed by atoms with Crippen molar-refractivity contribution in [3.63, 3.8) is 0 Å². The quantitative estimate of drug-likeness (QED) is 0.160. The molecule has 0 radical (unpaired) electrons. The first-order chi connectivity index (χ1) is 31.8. The summed E-state index contributed by atoms with van der Waals surface area (Å²) in [6.45, 7) is 0. The molecule has 302 valence electrons. The van der Waals surface area contributed by atoms with E-state index in [0.717, 1.165) is 56.1 Å². The Morgan fingerprint density at radius 3 is 0.719 bits per heavy atom. The van der Waals surface area contributed by atoms with Crippen LogP contribution < -0.4 is 9.80 Å². The Kier molecular flexibility index (Phi) is 8.83. The van der Waals surface area contributed by atoms with Gasteiger partial charge in [0, 0.05) is 35.9 Å². The zero-order valence-corrected chi connectivity index (χ0v) is 34.8. The molecule has 12 rings (SSSR count). The Hall–Kier alpha value is -8.48. The van der Waals surface area contributed by atoms with Crippen molar-refractivity contribution >= 4 is 34.6 Å². The van der Waals surface area contributed by atoms with Crippen LogP contribution in [0.25, 0.3) is 11.1 Å². The molecule has 6 nitrogen and oxygen atoms in total.